The van der Waals surface area contributed by atoms with Gasteiger partial charge in [0.05, 0.1) is 21.0 Å². The van der Waals surface area contributed by atoms with E-state index in [1.165, 1.54) is 24.3 Å². The molecule has 6 heteroatoms. The Labute approximate surface area is 115 Å². The highest BCUT2D eigenvalue weighted by atomic mass is 32.2. The fraction of sp³-hybridized carbons (Fsp3) is 0.0714. The van der Waals surface area contributed by atoms with Gasteiger partial charge in [0.2, 0.25) is 9.84 Å². The number of hydrogen-bond donors (Lipinski definition) is 2. The number of carbonyl (C=O) groups is 1. The molecule has 0 fully saturated rings. The largest absolute Gasteiger partial charge is 0.478 e. The number of nitrogens with one attached hydrogen (secondary N) is 1. The number of carboxylic acid groups (broad SMARTS) is 1. The lowest BCUT2D eigenvalue weighted by molar-refractivity contribution is 0.0696. The molecule has 3 rings (SSSR count). The molecule has 20 heavy (non-hydrogen) atoms. The van der Waals surface area contributed by atoms with E-state index in [1.807, 2.05) is 0 Å². The quantitative estimate of drug-likeness (QED) is 0.840. The summed E-state index contributed by atoms with van der Waals surface area (Å²) in [5.74, 6) is -1.15. The van der Waals surface area contributed by atoms with Gasteiger partial charge in [0, 0.05) is 6.54 Å². The molecule has 1 aliphatic heterocycles. The van der Waals surface area contributed by atoms with Crippen LogP contribution in [0.25, 0.3) is 0 Å². The van der Waals surface area contributed by atoms with E-state index < -0.39 is 15.8 Å². The Balaban J connectivity index is 2.30. The SMILES string of the molecule is O=C(O)c1ccc2c(c1)S(=O)(=O)c1ccccc1CN2. The molecule has 0 unspecified atom stereocenters. The Morgan fingerprint density at radius 1 is 1.10 bits per heavy atom. The van der Waals surface area contributed by atoms with E-state index in [0.29, 0.717) is 17.8 Å². The lowest BCUT2D eigenvalue weighted by atomic mass is 10.2. The average molecular weight is 289 g/mol. The van der Waals surface area contributed by atoms with Gasteiger partial charge in [-0.3, -0.25) is 0 Å². The second-order valence-electron chi connectivity index (χ2n) is 4.48. The zero-order valence-corrected chi connectivity index (χ0v) is 11.1. The van der Waals surface area contributed by atoms with Gasteiger partial charge in [0.15, 0.2) is 0 Å². The molecular formula is C14H11NO4S. The van der Waals surface area contributed by atoms with Gasteiger partial charge in [-0.15, -0.1) is 0 Å². The van der Waals surface area contributed by atoms with E-state index in [0.717, 1.165) is 0 Å². The molecule has 0 bridgehead atoms. The van der Waals surface area contributed by atoms with Gasteiger partial charge >= 0.3 is 5.97 Å². The normalized spacial score (nSPS) is 15.4. The van der Waals surface area contributed by atoms with Crippen LogP contribution in [0.3, 0.4) is 0 Å². The smallest absolute Gasteiger partial charge is 0.335 e. The molecule has 5 nitrogen and oxygen atoms in total. The molecule has 2 N–H and O–H groups in total. The third-order valence-electron chi connectivity index (χ3n) is 3.25. The van der Waals surface area contributed by atoms with E-state index in [2.05, 4.69) is 5.32 Å². The van der Waals surface area contributed by atoms with Crippen molar-refractivity contribution in [2.45, 2.75) is 16.3 Å². The highest BCUT2D eigenvalue weighted by Gasteiger charge is 2.27. The minimum absolute atomic E-state index is 0.00218. The van der Waals surface area contributed by atoms with Gasteiger partial charge in [0.25, 0.3) is 0 Å². The van der Waals surface area contributed by atoms with E-state index in [9.17, 15) is 13.2 Å². The molecule has 0 atom stereocenters. The maximum Gasteiger partial charge on any atom is 0.335 e. The number of rotatable bonds is 1. The lowest BCUT2D eigenvalue weighted by Crippen LogP contribution is -2.05. The molecule has 0 aliphatic carbocycles. The Bertz CT molecular complexity index is 812. The van der Waals surface area contributed by atoms with E-state index >= 15 is 0 Å². The number of aromatic carboxylic acids is 1. The Morgan fingerprint density at radius 2 is 1.85 bits per heavy atom. The van der Waals surface area contributed by atoms with E-state index in [4.69, 9.17) is 5.11 Å². The van der Waals surface area contributed by atoms with Crippen molar-refractivity contribution >= 4 is 21.5 Å². The summed E-state index contributed by atoms with van der Waals surface area (Å²) in [6, 6.07) is 10.8. The molecule has 102 valence electrons. The van der Waals surface area contributed by atoms with E-state index in [-0.39, 0.29) is 15.4 Å². The summed E-state index contributed by atoms with van der Waals surface area (Å²) in [7, 11) is -3.72. The molecule has 0 saturated heterocycles. The first kappa shape index (κ1) is 12.7. The van der Waals surface area contributed by atoms with Crippen LogP contribution in [0.1, 0.15) is 15.9 Å². The third kappa shape index (κ3) is 1.85. The molecule has 2 aromatic rings. The first-order valence-electron chi connectivity index (χ1n) is 5.94. The minimum Gasteiger partial charge on any atom is -0.478 e. The molecule has 2 aromatic carbocycles. The van der Waals surface area contributed by atoms with Gasteiger partial charge in [-0.25, -0.2) is 13.2 Å². The van der Waals surface area contributed by atoms with Crippen LogP contribution in [-0.2, 0) is 16.4 Å². The van der Waals surface area contributed by atoms with Crippen molar-refractivity contribution in [3.63, 3.8) is 0 Å². The van der Waals surface area contributed by atoms with Crippen molar-refractivity contribution < 1.29 is 18.3 Å². The van der Waals surface area contributed by atoms with Crippen LogP contribution in [0.2, 0.25) is 0 Å². The molecule has 0 spiro atoms. The third-order valence-corrected chi connectivity index (χ3v) is 5.14. The summed E-state index contributed by atoms with van der Waals surface area (Å²) >= 11 is 0. The predicted molar refractivity (Wildman–Crippen MR) is 72.6 cm³/mol. The number of sulfone groups is 1. The zero-order chi connectivity index (χ0) is 14.3. The molecule has 0 aromatic heterocycles. The summed E-state index contributed by atoms with van der Waals surface area (Å²) in [4.78, 5) is 11.2. The van der Waals surface area contributed by atoms with Crippen molar-refractivity contribution in [3.8, 4) is 0 Å². The molecule has 0 radical (unpaired) electrons. The van der Waals surface area contributed by atoms with Crippen LogP contribution >= 0.6 is 0 Å². The number of carboxylic acids is 1. The zero-order valence-electron chi connectivity index (χ0n) is 10.3. The fourth-order valence-corrected chi connectivity index (χ4v) is 3.94. The van der Waals surface area contributed by atoms with Crippen LogP contribution in [0.15, 0.2) is 52.3 Å². The van der Waals surface area contributed by atoms with E-state index in [1.54, 1.807) is 18.2 Å². The summed E-state index contributed by atoms with van der Waals surface area (Å²) in [6.45, 7) is 0.384. The van der Waals surface area contributed by atoms with Crippen molar-refractivity contribution in [1.82, 2.24) is 0 Å². The van der Waals surface area contributed by atoms with Crippen molar-refractivity contribution in [3.05, 3.63) is 53.6 Å². The van der Waals surface area contributed by atoms with Gasteiger partial charge in [-0.05, 0) is 29.8 Å². The van der Waals surface area contributed by atoms with Crippen LogP contribution in [0, 0.1) is 0 Å². The number of hydrogen-bond acceptors (Lipinski definition) is 4. The predicted octanol–water partition coefficient (Wildman–Crippen LogP) is 2.14. The molecule has 1 heterocycles. The molecular weight excluding hydrogens is 278 g/mol. The summed E-state index contributed by atoms with van der Waals surface area (Å²) in [6.07, 6.45) is 0. The van der Waals surface area contributed by atoms with Crippen molar-refractivity contribution in [2.24, 2.45) is 0 Å². The van der Waals surface area contributed by atoms with Crippen LogP contribution in [0.4, 0.5) is 5.69 Å². The van der Waals surface area contributed by atoms with Crippen LogP contribution in [0.5, 0.6) is 0 Å². The highest BCUT2D eigenvalue weighted by Crippen LogP contribution is 2.34. The fourth-order valence-electron chi connectivity index (χ4n) is 2.24. The minimum atomic E-state index is -3.72. The van der Waals surface area contributed by atoms with Crippen LogP contribution in [-0.4, -0.2) is 19.5 Å². The second kappa shape index (κ2) is 4.35. The maximum absolute atomic E-state index is 12.7. The topological polar surface area (TPSA) is 83.5 Å². The maximum atomic E-state index is 12.7. The lowest BCUT2D eigenvalue weighted by Gasteiger charge is -2.08. The standard InChI is InChI=1S/C14H11NO4S/c16-14(17)9-5-6-11-13(7-9)20(18,19)12-4-2-1-3-10(12)8-15-11/h1-7,15H,8H2,(H,16,17). The first-order chi connectivity index (χ1) is 9.50. The number of anilines is 1. The second-order valence-corrected chi connectivity index (χ2v) is 6.37. The van der Waals surface area contributed by atoms with Gasteiger partial charge < -0.3 is 10.4 Å². The Morgan fingerprint density at radius 3 is 2.60 bits per heavy atom. The van der Waals surface area contributed by atoms with Crippen molar-refractivity contribution in [2.75, 3.05) is 5.32 Å². The van der Waals surface area contributed by atoms with Gasteiger partial charge in [-0.2, -0.15) is 0 Å². The summed E-state index contributed by atoms with van der Waals surface area (Å²) in [5.41, 5.74) is 1.04. The highest BCUT2D eigenvalue weighted by molar-refractivity contribution is 7.91. The summed E-state index contributed by atoms with van der Waals surface area (Å²) < 4.78 is 25.3. The van der Waals surface area contributed by atoms with Crippen molar-refractivity contribution in [1.29, 1.82) is 0 Å². The Kier molecular flexibility index (Phi) is 2.76. The first-order valence-corrected chi connectivity index (χ1v) is 7.42. The van der Waals surface area contributed by atoms with Gasteiger partial charge in [-0.1, -0.05) is 18.2 Å². The number of benzene rings is 2. The molecule has 1 aliphatic rings. The average Bonchev–Trinajstić information content (AvgIpc) is 2.55. The Hall–Kier alpha value is -2.34. The summed E-state index contributed by atoms with van der Waals surface area (Å²) in [5, 5.41) is 12.0. The molecule has 0 amide bonds. The number of fused-ring (bicyclic) bond motifs is 2. The van der Waals surface area contributed by atoms with Gasteiger partial charge in [0.1, 0.15) is 0 Å². The van der Waals surface area contributed by atoms with Crippen LogP contribution < -0.4 is 5.32 Å². The monoisotopic (exact) mass is 289 g/mol. The molecule has 0 saturated carbocycles.